The number of hydrogen-bond donors (Lipinski definition) is 2. The summed E-state index contributed by atoms with van der Waals surface area (Å²) in [6.07, 6.45) is 2.53. The second-order valence-electron chi connectivity index (χ2n) is 5.50. The fourth-order valence-electron chi connectivity index (χ4n) is 2.63. The number of carbonyl (C=O) groups excluding carboxylic acids is 1. The summed E-state index contributed by atoms with van der Waals surface area (Å²) in [6.45, 7) is 2.20. The predicted octanol–water partition coefficient (Wildman–Crippen LogP) is 1.69. The van der Waals surface area contributed by atoms with Gasteiger partial charge in [-0.3, -0.25) is 4.79 Å². The standard InChI is InChI=1S/C16H21NO4/c1-2-3-4-11-5-7-12(8-6-11)15(19)17-10-13(18)9-14(17)16(20)21/h5-8,13-14,18H,2-4,9-10H2,1H3,(H,20,21). The van der Waals surface area contributed by atoms with Crippen molar-refractivity contribution in [2.24, 2.45) is 0 Å². The van der Waals surface area contributed by atoms with Crippen molar-refractivity contribution in [3.05, 3.63) is 35.4 Å². The van der Waals surface area contributed by atoms with Gasteiger partial charge in [-0.25, -0.2) is 4.79 Å². The van der Waals surface area contributed by atoms with Crippen LogP contribution in [0.25, 0.3) is 0 Å². The molecule has 2 rings (SSSR count). The molecule has 0 spiro atoms. The van der Waals surface area contributed by atoms with E-state index in [0.29, 0.717) is 5.56 Å². The van der Waals surface area contributed by atoms with Gasteiger partial charge in [0.15, 0.2) is 0 Å². The molecule has 5 heteroatoms. The number of aliphatic hydroxyl groups is 1. The molecule has 2 N–H and O–H groups in total. The Bertz CT molecular complexity index is 512. The summed E-state index contributed by atoms with van der Waals surface area (Å²) in [7, 11) is 0. The van der Waals surface area contributed by atoms with Crippen LogP contribution in [-0.4, -0.2) is 45.7 Å². The molecular formula is C16H21NO4. The molecule has 0 aliphatic carbocycles. The number of amides is 1. The van der Waals surface area contributed by atoms with E-state index >= 15 is 0 Å². The lowest BCUT2D eigenvalue weighted by atomic mass is 10.1. The van der Waals surface area contributed by atoms with Gasteiger partial charge in [0.1, 0.15) is 6.04 Å². The van der Waals surface area contributed by atoms with Gasteiger partial charge in [-0.2, -0.15) is 0 Å². The maximum absolute atomic E-state index is 12.4. The summed E-state index contributed by atoms with van der Waals surface area (Å²) >= 11 is 0. The van der Waals surface area contributed by atoms with Crippen LogP contribution in [-0.2, 0) is 11.2 Å². The number of aryl methyl sites for hydroxylation is 1. The van der Waals surface area contributed by atoms with E-state index in [1.165, 1.54) is 10.5 Å². The number of hydrogen-bond acceptors (Lipinski definition) is 3. The summed E-state index contributed by atoms with van der Waals surface area (Å²) < 4.78 is 0. The zero-order valence-corrected chi connectivity index (χ0v) is 12.2. The Morgan fingerprint density at radius 2 is 1.95 bits per heavy atom. The zero-order chi connectivity index (χ0) is 15.4. The third-order valence-corrected chi connectivity index (χ3v) is 3.84. The lowest BCUT2D eigenvalue weighted by Crippen LogP contribution is -2.40. The Labute approximate surface area is 124 Å². The SMILES string of the molecule is CCCCc1ccc(C(=O)N2CC(O)CC2C(=O)O)cc1. The summed E-state index contributed by atoms with van der Waals surface area (Å²) in [5, 5.41) is 18.7. The number of benzene rings is 1. The summed E-state index contributed by atoms with van der Waals surface area (Å²) in [6, 6.07) is 6.34. The van der Waals surface area contributed by atoms with Crippen LogP contribution in [0.4, 0.5) is 0 Å². The minimum absolute atomic E-state index is 0.0768. The molecule has 2 atom stereocenters. The lowest BCUT2D eigenvalue weighted by molar-refractivity contribution is -0.141. The van der Waals surface area contributed by atoms with Crippen LogP contribution in [0.1, 0.15) is 42.1 Å². The van der Waals surface area contributed by atoms with Crippen molar-refractivity contribution in [1.29, 1.82) is 0 Å². The number of aliphatic carboxylic acids is 1. The van der Waals surface area contributed by atoms with Crippen molar-refractivity contribution < 1.29 is 19.8 Å². The molecule has 2 unspecified atom stereocenters. The number of rotatable bonds is 5. The molecule has 0 aromatic heterocycles. The second-order valence-corrected chi connectivity index (χ2v) is 5.50. The number of carbonyl (C=O) groups is 2. The second kappa shape index (κ2) is 6.72. The quantitative estimate of drug-likeness (QED) is 0.865. The molecule has 0 saturated carbocycles. The first-order valence-electron chi connectivity index (χ1n) is 7.33. The maximum atomic E-state index is 12.4. The molecule has 1 aliphatic rings. The maximum Gasteiger partial charge on any atom is 0.326 e. The van der Waals surface area contributed by atoms with Crippen molar-refractivity contribution in [1.82, 2.24) is 4.90 Å². The Morgan fingerprint density at radius 3 is 2.52 bits per heavy atom. The van der Waals surface area contributed by atoms with Crippen LogP contribution in [0.15, 0.2) is 24.3 Å². The van der Waals surface area contributed by atoms with Crippen LogP contribution in [0.3, 0.4) is 0 Å². The van der Waals surface area contributed by atoms with E-state index in [9.17, 15) is 14.7 Å². The largest absolute Gasteiger partial charge is 0.480 e. The third-order valence-electron chi connectivity index (χ3n) is 3.84. The Morgan fingerprint density at radius 1 is 1.29 bits per heavy atom. The van der Waals surface area contributed by atoms with E-state index < -0.39 is 18.1 Å². The lowest BCUT2D eigenvalue weighted by Gasteiger charge is -2.21. The fourth-order valence-corrected chi connectivity index (χ4v) is 2.63. The molecule has 5 nitrogen and oxygen atoms in total. The average Bonchev–Trinajstić information content (AvgIpc) is 2.87. The topological polar surface area (TPSA) is 77.8 Å². The Hall–Kier alpha value is -1.88. The van der Waals surface area contributed by atoms with Crippen LogP contribution in [0, 0.1) is 0 Å². The highest BCUT2D eigenvalue weighted by atomic mass is 16.4. The van der Waals surface area contributed by atoms with Gasteiger partial charge >= 0.3 is 5.97 Å². The number of unbranched alkanes of at least 4 members (excludes halogenated alkanes) is 1. The minimum Gasteiger partial charge on any atom is -0.480 e. The van der Waals surface area contributed by atoms with Crippen LogP contribution in [0.5, 0.6) is 0 Å². The third kappa shape index (κ3) is 3.61. The first-order chi connectivity index (χ1) is 10.0. The molecule has 1 heterocycles. The van der Waals surface area contributed by atoms with Crippen LogP contribution >= 0.6 is 0 Å². The number of carboxylic acid groups (broad SMARTS) is 1. The number of aliphatic hydroxyl groups excluding tert-OH is 1. The molecule has 21 heavy (non-hydrogen) atoms. The van der Waals surface area contributed by atoms with Gasteiger partial charge in [0.25, 0.3) is 5.91 Å². The smallest absolute Gasteiger partial charge is 0.326 e. The highest BCUT2D eigenvalue weighted by Gasteiger charge is 2.39. The van der Waals surface area contributed by atoms with E-state index in [-0.39, 0.29) is 18.9 Å². The fraction of sp³-hybridized carbons (Fsp3) is 0.500. The van der Waals surface area contributed by atoms with Crippen molar-refractivity contribution in [2.75, 3.05) is 6.54 Å². The Kier molecular flexibility index (Phi) is 4.96. The molecule has 1 fully saturated rings. The molecule has 0 bridgehead atoms. The monoisotopic (exact) mass is 291 g/mol. The molecule has 1 aromatic rings. The number of carboxylic acids is 1. The van der Waals surface area contributed by atoms with Gasteiger partial charge in [0, 0.05) is 18.5 Å². The van der Waals surface area contributed by atoms with E-state index in [2.05, 4.69) is 6.92 Å². The summed E-state index contributed by atoms with van der Waals surface area (Å²) in [4.78, 5) is 24.8. The number of nitrogens with zero attached hydrogens (tertiary/aromatic N) is 1. The normalized spacial score (nSPS) is 21.5. The van der Waals surface area contributed by atoms with Gasteiger partial charge in [-0.15, -0.1) is 0 Å². The molecule has 1 saturated heterocycles. The molecule has 1 aromatic carbocycles. The minimum atomic E-state index is -1.07. The van der Waals surface area contributed by atoms with Gasteiger partial charge < -0.3 is 15.1 Å². The Balaban J connectivity index is 2.10. The van der Waals surface area contributed by atoms with Gasteiger partial charge in [-0.05, 0) is 30.5 Å². The predicted molar refractivity (Wildman–Crippen MR) is 78.1 cm³/mol. The van der Waals surface area contributed by atoms with Gasteiger partial charge in [0.2, 0.25) is 0 Å². The van der Waals surface area contributed by atoms with Crippen molar-refractivity contribution >= 4 is 11.9 Å². The first kappa shape index (κ1) is 15.5. The van der Waals surface area contributed by atoms with E-state index in [1.807, 2.05) is 12.1 Å². The van der Waals surface area contributed by atoms with Crippen molar-refractivity contribution in [3.63, 3.8) is 0 Å². The van der Waals surface area contributed by atoms with Gasteiger partial charge in [0.05, 0.1) is 6.10 Å². The van der Waals surface area contributed by atoms with Crippen LogP contribution < -0.4 is 0 Å². The highest BCUT2D eigenvalue weighted by Crippen LogP contribution is 2.21. The molecule has 0 radical (unpaired) electrons. The summed E-state index contributed by atoms with van der Waals surface area (Å²) in [5.41, 5.74) is 1.64. The zero-order valence-electron chi connectivity index (χ0n) is 12.2. The van der Waals surface area contributed by atoms with E-state index in [0.717, 1.165) is 19.3 Å². The van der Waals surface area contributed by atoms with Gasteiger partial charge in [-0.1, -0.05) is 25.5 Å². The molecule has 1 aliphatic heterocycles. The number of likely N-dealkylation sites (tertiary alicyclic amines) is 1. The van der Waals surface area contributed by atoms with Crippen molar-refractivity contribution in [3.8, 4) is 0 Å². The number of β-amino-alcohol motifs (C(OH)–C–C–N with tert-alkyl or cyclic N) is 1. The molecular weight excluding hydrogens is 270 g/mol. The molecule has 114 valence electrons. The van der Waals surface area contributed by atoms with E-state index in [1.54, 1.807) is 12.1 Å². The first-order valence-corrected chi connectivity index (χ1v) is 7.33. The molecule has 1 amide bonds. The van der Waals surface area contributed by atoms with Crippen molar-refractivity contribution in [2.45, 2.75) is 44.8 Å². The average molecular weight is 291 g/mol. The summed E-state index contributed by atoms with van der Waals surface area (Å²) in [5.74, 6) is -1.40. The van der Waals surface area contributed by atoms with Crippen LogP contribution in [0.2, 0.25) is 0 Å². The van der Waals surface area contributed by atoms with E-state index in [4.69, 9.17) is 5.11 Å². The highest BCUT2D eigenvalue weighted by molar-refractivity contribution is 5.97.